The summed E-state index contributed by atoms with van der Waals surface area (Å²) in [5, 5.41) is 10.6. The molecule has 3 N–H and O–H groups in total. The van der Waals surface area contributed by atoms with E-state index < -0.39 is 5.82 Å². The summed E-state index contributed by atoms with van der Waals surface area (Å²) in [6.45, 7) is 7.30. The first kappa shape index (κ1) is 24.0. The third-order valence-electron chi connectivity index (χ3n) is 6.90. The molecule has 10 nitrogen and oxygen atoms in total. The van der Waals surface area contributed by atoms with Crippen molar-refractivity contribution in [3.05, 3.63) is 48.7 Å². The fraction of sp³-hybridized carbons (Fsp3) is 0.296. The molecule has 0 aliphatic carbocycles. The minimum absolute atomic E-state index is 0.113. The molecule has 194 valence electrons. The minimum Gasteiger partial charge on any atom is -0.352 e. The molecule has 5 aromatic rings. The Morgan fingerprint density at radius 3 is 2.68 bits per heavy atom. The zero-order valence-corrected chi connectivity index (χ0v) is 21.4. The van der Waals surface area contributed by atoms with E-state index in [1.54, 1.807) is 24.7 Å². The number of aromatic nitrogens is 6. The second kappa shape index (κ2) is 9.49. The van der Waals surface area contributed by atoms with Crippen molar-refractivity contribution in [1.82, 2.24) is 35.0 Å². The first-order valence-corrected chi connectivity index (χ1v) is 12.6. The number of nitrogens with zero attached hydrogens (tertiary/aromatic N) is 6. The van der Waals surface area contributed by atoms with Crippen molar-refractivity contribution in [2.24, 2.45) is 5.92 Å². The van der Waals surface area contributed by atoms with Crippen molar-refractivity contribution in [1.29, 1.82) is 0 Å². The van der Waals surface area contributed by atoms with Crippen LogP contribution in [0, 0.1) is 11.7 Å². The van der Waals surface area contributed by atoms with E-state index in [9.17, 15) is 4.79 Å². The number of piperazine rings is 1. The first-order valence-electron chi connectivity index (χ1n) is 12.6. The zero-order valence-electron chi connectivity index (χ0n) is 21.4. The van der Waals surface area contributed by atoms with E-state index in [4.69, 9.17) is 4.98 Å². The predicted octanol–water partition coefficient (Wildman–Crippen LogP) is 4.05. The third kappa shape index (κ3) is 4.34. The normalized spacial score (nSPS) is 14.6. The molecule has 0 atom stereocenters. The van der Waals surface area contributed by atoms with Crippen LogP contribution in [0.3, 0.4) is 0 Å². The number of likely N-dealkylation sites (N-methyl/N-ethyl adjacent to an activating group) is 1. The van der Waals surface area contributed by atoms with Crippen molar-refractivity contribution in [3.63, 3.8) is 0 Å². The second-order valence-electron chi connectivity index (χ2n) is 9.97. The lowest BCUT2D eigenvalue weighted by Gasteiger charge is -2.33. The fourth-order valence-electron chi connectivity index (χ4n) is 4.66. The summed E-state index contributed by atoms with van der Waals surface area (Å²) < 4.78 is 15.2. The number of fused-ring (bicyclic) bond motifs is 2. The lowest BCUT2D eigenvalue weighted by Crippen LogP contribution is -2.44. The fourth-order valence-corrected chi connectivity index (χ4v) is 4.66. The number of anilines is 2. The summed E-state index contributed by atoms with van der Waals surface area (Å²) in [6, 6.07) is 6.95. The van der Waals surface area contributed by atoms with Crippen LogP contribution in [-0.2, 0) is 4.79 Å². The molecule has 5 heterocycles. The molecular weight excluding hydrogens is 485 g/mol. The summed E-state index contributed by atoms with van der Waals surface area (Å²) in [5.41, 5.74) is 4.25. The van der Waals surface area contributed by atoms with Gasteiger partial charge in [0, 0.05) is 55.4 Å². The quantitative estimate of drug-likeness (QED) is 0.324. The number of benzene rings is 1. The summed E-state index contributed by atoms with van der Waals surface area (Å²) in [5.74, 6) is 0.640. The average Bonchev–Trinajstić information content (AvgIpc) is 3.53. The molecule has 11 heteroatoms. The van der Waals surface area contributed by atoms with Crippen molar-refractivity contribution in [2.75, 3.05) is 43.4 Å². The van der Waals surface area contributed by atoms with E-state index in [-0.39, 0.29) is 17.3 Å². The number of hydrogen-bond acceptors (Lipinski definition) is 7. The molecule has 1 aliphatic rings. The Kier molecular flexibility index (Phi) is 5.99. The van der Waals surface area contributed by atoms with Gasteiger partial charge in [0.2, 0.25) is 5.91 Å². The van der Waals surface area contributed by atoms with Gasteiger partial charge in [-0.05, 0) is 36.9 Å². The number of hydrogen-bond donors (Lipinski definition) is 3. The zero-order chi connectivity index (χ0) is 26.4. The van der Waals surface area contributed by atoms with Crippen molar-refractivity contribution < 1.29 is 9.18 Å². The van der Waals surface area contributed by atoms with Gasteiger partial charge in [-0.3, -0.25) is 14.9 Å². The standard InChI is InChI=1S/C27H28FN9O/c1-15(2)27(38)31-18-10-17(13-29-14-18)16-11-19-22(20(28)12-16)34-35-23(19)25-32-21-4-5-30-26(24(21)33-25)37-8-6-36(3)7-9-37/h4-5,10-15H,6-9H2,1-3H3,(H,31,38)(H,32,33)(H,34,35). The van der Waals surface area contributed by atoms with Gasteiger partial charge in [0.15, 0.2) is 17.5 Å². The number of halogens is 1. The second-order valence-corrected chi connectivity index (χ2v) is 9.97. The van der Waals surface area contributed by atoms with Gasteiger partial charge in [-0.15, -0.1) is 0 Å². The Bertz CT molecular complexity index is 1650. The molecule has 0 unspecified atom stereocenters. The number of carbonyl (C=O) groups excluding carboxylic acids is 1. The smallest absolute Gasteiger partial charge is 0.226 e. The first-order chi connectivity index (χ1) is 18.4. The number of pyridine rings is 2. The van der Waals surface area contributed by atoms with Crippen LogP contribution in [0.15, 0.2) is 42.9 Å². The SMILES string of the molecule is CC(C)C(=O)Nc1cncc(-c2cc(F)c3n[nH]c(-c4nc5c(N6CCN(C)CC6)nccc5[nH]4)c3c2)c1. The Hall–Kier alpha value is -4.38. The maximum Gasteiger partial charge on any atom is 0.226 e. The number of amides is 1. The Morgan fingerprint density at radius 2 is 1.89 bits per heavy atom. The number of carbonyl (C=O) groups is 1. The number of aromatic amines is 2. The van der Waals surface area contributed by atoms with E-state index >= 15 is 4.39 Å². The molecule has 1 saturated heterocycles. The number of imidazole rings is 1. The van der Waals surface area contributed by atoms with Crippen LogP contribution in [0.4, 0.5) is 15.9 Å². The third-order valence-corrected chi connectivity index (χ3v) is 6.90. The largest absolute Gasteiger partial charge is 0.352 e. The topological polar surface area (TPSA) is 119 Å². The van der Waals surface area contributed by atoms with Gasteiger partial charge < -0.3 is 20.1 Å². The molecule has 1 fully saturated rings. The maximum atomic E-state index is 15.2. The van der Waals surface area contributed by atoms with E-state index in [0.29, 0.717) is 33.7 Å². The molecule has 38 heavy (non-hydrogen) atoms. The molecule has 0 radical (unpaired) electrons. The predicted molar refractivity (Wildman–Crippen MR) is 145 cm³/mol. The van der Waals surface area contributed by atoms with Crippen LogP contribution in [0.25, 0.3) is 44.6 Å². The van der Waals surface area contributed by atoms with Gasteiger partial charge in [0.05, 0.1) is 17.4 Å². The average molecular weight is 514 g/mol. The van der Waals surface area contributed by atoms with Crippen LogP contribution in [0.2, 0.25) is 0 Å². The summed E-state index contributed by atoms with van der Waals surface area (Å²) in [7, 11) is 2.11. The molecule has 4 aromatic heterocycles. The maximum absolute atomic E-state index is 15.2. The molecule has 1 aliphatic heterocycles. The number of rotatable bonds is 5. The van der Waals surface area contributed by atoms with E-state index in [1.165, 1.54) is 6.07 Å². The van der Waals surface area contributed by atoms with Gasteiger partial charge in [0.25, 0.3) is 0 Å². The monoisotopic (exact) mass is 513 g/mol. The van der Waals surface area contributed by atoms with Gasteiger partial charge in [0.1, 0.15) is 16.7 Å². The molecule has 0 saturated carbocycles. The van der Waals surface area contributed by atoms with E-state index in [0.717, 1.165) is 43.0 Å². The van der Waals surface area contributed by atoms with Gasteiger partial charge >= 0.3 is 0 Å². The molecule has 1 aromatic carbocycles. The molecule has 1 amide bonds. The van der Waals surface area contributed by atoms with Crippen molar-refractivity contribution in [2.45, 2.75) is 13.8 Å². The molecule has 6 rings (SSSR count). The highest BCUT2D eigenvalue weighted by Crippen LogP contribution is 2.34. The highest BCUT2D eigenvalue weighted by molar-refractivity contribution is 5.98. The van der Waals surface area contributed by atoms with Crippen LogP contribution in [-0.4, -0.2) is 74.2 Å². The van der Waals surface area contributed by atoms with Crippen LogP contribution < -0.4 is 10.2 Å². The van der Waals surface area contributed by atoms with Gasteiger partial charge in [-0.2, -0.15) is 5.10 Å². The van der Waals surface area contributed by atoms with Crippen molar-refractivity contribution >= 4 is 39.3 Å². The number of H-pyrrole nitrogens is 2. The van der Waals surface area contributed by atoms with Gasteiger partial charge in [-0.1, -0.05) is 13.8 Å². The Labute approximate surface area is 218 Å². The molecule has 0 spiro atoms. The highest BCUT2D eigenvalue weighted by Gasteiger charge is 2.22. The van der Waals surface area contributed by atoms with E-state index in [2.05, 4.69) is 47.3 Å². The Morgan fingerprint density at radius 1 is 1.08 bits per heavy atom. The summed E-state index contributed by atoms with van der Waals surface area (Å²) in [4.78, 5) is 33.8. The summed E-state index contributed by atoms with van der Waals surface area (Å²) in [6.07, 6.45) is 4.99. The van der Waals surface area contributed by atoms with Gasteiger partial charge in [-0.25, -0.2) is 14.4 Å². The number of nitrogens with one attached hydrogen (secondary N) is 3. The van der Waals surface area contributed by atoms with Crippen LogP contribution in [0.5, 0.6) is 0 Å². The highest BCUT2D eigenvalue weighted by atomic mass is 19.1. The molecular formula is C27H28FN9O. The Balaban J connectivity index is 1.40. The minimum atomic E-state index is -0.465. The van der Waals surface area contributed by atoms with Crippen LogP contribution in [0.1, 0.15) is 13.8 Å². The molecule has 0 bridgehead atoms. The lowest BCUT2D eigenvalue weighted by atomic mass is 10.0. The van der Waals surface area contributed by atoms with Crippen molar-refractivity contribution in [3.8, 4) is 22.6 Å². The van der Waals surface area contributed by atoms with E-state index in [1.807, 2.05) is 26.0 Å². The summed E-state index contributed by atoms with van der Waals surface area (Å²) >= 11 is 0. The van der Waals surface area contributed by atoms with Crippen LogP contribution >= 0.6 is 0 Å². The lowest BCUT2D eigenvalue weighted by molar-refractivity contribution is -0.118.